The first-order chi connectivity index (χ1) is 13.2. The van der Waals surface area contributed by atoms with E-state index in [1.54, 1.807) is 7.11 Å². The molecule has 4 rings (SSSR count). The van der Waals surface area contributed by atoms with Gasteiger partial charge in [0.1, 0.15) is 5.75 Å². The first kappa shape index (κ1) is 18.1. The number of nitrogens with one attached hydrogen (secondary N) is 1. The molecule has 142 valence electrons. The van der Waals surface area contributed by atoms with E-state index >= 15 is 0 Å². The second-order valence-electron chi connectivity index (χ2n) is 7.66. The lowest BCUT2D eigenvalue weighted by Gasteiger charge is -2.29. The monoisotopic (exact) mass is 364 g/mol. The standard InChI is InChI=1S/C23H28N2O2/c1-27-21-12-6-5-11-19(21)23(13-14-23)22(26)24-17-20(25-15-7-8-16-25)18-9-3-2-4-10-18/h2-6,9-12,20H,7-8,13-17H2,1H3,(H,24,26). The summed E-state index contributed by atoms with van der Waals surface area (Å²) in [6, 6.07) is 18.7. The zero-order valence-electron chi connectivity index (χ0n) is 16.0. The first-order valence-corrected chi connectivity index (χ1v) is 9.95. The Kier molecular flexibility index (Phi) is 5.17. The maximum absolute atomic E-state index is 13.2. The van der Waals surface area contributed by atoms with Crippen molar-refractivity contribution in [3.8, 4) is 5.75 Å². The van der Waals surface area contributed by atoms with E-state index in [2.05, 4.69) is 34.5 Å². The van der Waals surface area contributed by atoms with Crippen LogP contribution in [0, 0.1) is 0 Å². The van der Waals surface area contributed by atoms with Crippen LogP contribution in [-0.4, -0.2) is 37.6 Å². The van der Waals surface area contributed by atoms with Crippen LogP contribution in [0.2, 0.25) is 0 Å². The summed E-state index contributed by atoms with van der Waals surface area (Å²) in [5, 5.41) is 3.27. The van der Waals surface area contributed by atoms with Crippen molar-refractivity contribution in [1.29, 1.82) is 0 Å². The smallest absolute Gasteiger partial charge is 0.230 e. The number of rotatable bonds is 7. The Morgan fingerprint density at radius 3 is 2.41 bits per heavy atom. The summed E-state index contributed by atoms with van der Waals surface area (Å²) in [4.78, 5) is 15.7. The van der Waals surface area contributed by atoms with E-state index in [0.717, 1.165) is 37.2 Å². The van der Waals surface area contributed by atoms with E-state index in [1.807, 2.05) is 30.3 Å². The minimum Gasteiger partial charge on any atom is -0.496 e. The van der Waals surface area contributed by atoms with Gasteiger partial charge in [-0.1, -0.05) is 48.5 Å². The van der Waals surface area contributed by atoms with Crippen molar-refractivity contribution >= 4 is 5.91 Å². The molecular weight excluding hydrogens is 336 g/mol. The van der Waals surface area contributed by atoms with Crippen molar-refractivity contribution in [3.63, 3.8) is 0 Å². The molecule has 4 heteroatoms. The van der Waals surface area contributed by atoms with Gasteiger partial charge in [-0.15, -0.1) is 0 Å². The Morgan fingerprint density at radius 1 is 1.07 bits per heavy atom. The Morgan fingerprint density at radius 2 is 1.74 bits per heavy atom. The largest absolute Gasteiger partial charge is 0.496 e. The molecule has 1 atom stereocenters. The van der Waals surface area contributed by atoms with Crippen molar-refractivity contribution < 1.29 is 9.53 Å². The number of hydrogen-bond acceptors (Lipinski definition) is 3. The number of carbonyl (C=O) groups excluding carboxylic acids is 1. The predicted octanol–water partition coefficient (Wildman–Crippen LogP) is 3.68. The fourth-order valence-electron chi connectivity index (χ4n) is 4.33. The van der Waals surface area contributed by atoms with Crippen molar-refractivity contribution in [2.24, 2.45) is 0 Å². The highest BCUT2D eigenvalue weighted by Gasteiger charge is 2.52. The van der Waals surface area contributed by atoms with E-state index in [-0.39, 0.29) is 11.9 Å². The lowest BCUT2D eigenvalue weighted by Crippen LogP contribution is -2.41. The third kappa shape index (κ3) is 3.59. The Labute approximate surface area is 161 Å². The van der Waals surface area contributed by atoms with Gasteiger partial charge in [0.15, 0.2) is 0 Å². The highest BCUT2D eigenvalue weighted by Crippen LogP contribution is 2.51. The third-order valence-electron chi connectivity index (χ3n) is 6.03. The molecule has 1 aliphatic carbocycles. The zero-order chi connectivity index (χ0) is 18.7. The van der Waals surface area contributed by atoms with Gasteiger partial charge >= 0.3 is 0 Å². The third-order valence-corrected chi connectivity index (χ3v) is 6.03. The van der Waals surface area contributed by atoms with Gasteiger partial charge < -0.3 is 10.1 Å². The molecule has 0 aromatic heterocycles. The Balaban J connectivity index is 1.50. The summed E-state index contributed by atoms with van der Waals surface area (Å²) in [5.74, 6) is 0.941. The molecule has 1 saturated carbocycles. The molecule has 0 radical (unpaired) electrons. The second-order valence-corrected chi connectivity index (χ2v) is 7.66. The molecule has 1 saturated heterocycles. The minimum atomic E-state index is -0.418. The number of likely N-dealkylation sites (tertiary alicyclic amines) is 1. The average Bonchev–Trinajstić information content (AvgIpc) is 3.36. The molecular formula is C23H28N2O2. The van der Waals surface area contributed by atoms with E-state index in [0.29, 0.717) is 6.54 Å². The van der Waals surface area contributed by atoms with Crippen LogP contribution < -0.4 is 10.1 Å². The van der Waals surface area contributed by atoms with E-state index in [9.17, 15) is 4.79 Å². The van der Waals surface area contributed by atoms with Gasteiger partial charge in [0.25, 0.3) is 0 Å². The molecule has 27 heavy (non-hydrogen) atoms. The fourth-order valence-corrected chi connectivity index (χ4v) is 4.33. The molecule has 1 heterocycles. The quantitative estimate of drug-likeness (QED) is 0.815. The minimum absolute atomic E-state index is 0.132. The van der Waals surface area contributed by atoms with Crippen molar-refractivity contribution in [1.82, 2.24) is 10.2 Å². The number of carbonyl (C=O) groups is 1. The maximum Gasteiger partial charge on any atom is 0.230 e. The van der Waals surface area contributed by atoms with Crippen LogP contribution in [-0.2, 0) is 10.2 Å². The molecule has 2 fully saturated rings. The van der Waals surface area contributed by atoms with Crippen LogP contribution in [0.4, 0.5) is 0 Å². The van der Waals surface area contributed by atoms with Crippen LogP contribution in [0.5, 0.6) is 5.75 Å². The summed E-state index contributed by atoms with van der Waals surface area (Å²) in [5.41, 5.74) is 1.88. The maximum atomic E-state index is 13.2. The molecule has 0 spiro atoms. The zero-order valence-corrected chi connectivity index (χ0v) is 16.0. The van der Waals surface area contributed by atoms with Crippen molar-refractivity contribution in [2.45, 2.75) is 37.1 Å². The molecule has 4 nitrogen and oxygen atoms in total. The highest BCUT2D eigenvalue weighted by molar-refractivity contribution is 5.92. The van der Waals surface area contributed by atoms with Crippen molar-refractivity contribution in [2.75, 3.05) is 26.7 Å². The fraction of sp³-hybridized carbons (Fsp3) is 0.435. The van der Waals surface area contributed by atoms with Crippen LogP contribution in [0.3, 0.4) is 0 Å². The van der Waals surface area contributed by atoms with Gasteiger partial charge in [-0.25, -0.2) is 0 Å². The Hall–Kier alpha value is -2.33. The van der Waals surface area contributed by atoms with Gasteiger partial charge in [-0.2, -0.15) is 0 Å². The molecule has 1 N–H and O–H groups in total. The Bertz CT molecular complexity index is 780. The molecule has 2 aromatic rings. The number of para-hydroxylation sites is 1. The van der Waals surface area contributed by atoms with Gasteiger partial charge in [0, 0.05) is 12.1 Å². The lowest BCUT2D eigenvalue weighted by molar-refractivity contribution is -0.123. The van der Waals surface area contributed by atoms with Crippen LogP contribution in [0.15, 0.2) is 54.6 Å². The first-order valence-electron chi connectivity index (χ1n) is 9.95. The SMILES string of the molecule is COc1ccccc1C1(C(=O)NCC(c2ccccc2)N2CCCC2)CC1. The molecule has 1 unspecified atom stereocenters. The summed E-state index contributed by atoms with van der Waals surface area (Å²) in [7, 11) is 1.67. The molecule has 1 aliphatic heterocycles. The highest BCUT2D eigenvalue weighted by atomic mass is 16.5. The van der Waals surface area contributed by atoms with Crippen LogP contribution in [0.1, 0.15) is 42.9 Å². The second kappa shape index (κ2) is 7.73. The van der Waals surface area contributed by atoms with Gasteiger partial charge in [-0.05, 0) is 50.4 Å². The summed E-state index contributed by atoms with van der Waals surface area (Å²) >= 11 is 0. The predicted molar refractivity (Wildman–Crippen MR) is 107 cm³/mol. The summed E-state index contributed by atoms with van der Waals surface area (Å²) < 4.78 is 5.51. The number of methoxy groups -OCH3 is 1. The molecule has 1 amide bonds. The topological polar surface area (TPSA) is 41.6 Å². The average molecular weight is 364 g/mol. The number of amides is 1. The normalized spacial score (nSPS) is 19.4. The van der Waals surface area contributed by atoms with Crippen LogP contribution in [0.25, 0.3) is 0 Å². The number of hydrogen-bond donors (Lipinski definition) is 1. The van der Waals surface area contributed by atoms with E-state index in [4.69, 9.17) is 4.74 Å². The summed E-state index contributed by atoms with van der Waals surface area (Å²) in [6.07, 6.45) is 4.25. The van der Waals surface area contributed by atoms with Gasteiger partial charge in [0.2, 0.25) is 5.91 Å². The lowest BCUT2D eigenvalue weighted by atomic mass is 9.93. The molecule has 0 bridgehead atoms. The van der Waals surface area contributed by atoms with Crippen molar-refractivity contribution in [3.05, 3.63) is 65.7 Å². The molecule has 2 aliphatic rings. The van der Waals surface area contributed by atoms with E-state index < -0.39 is 5.41 Å². The van der Waals surface area contributed by atoms with E-state index in [1.165, 1.54) is 18.4 Å². The molecule has 2 aromatic carbocycles. The van der Waals surface area contributed by atoms with Gasteiger partial charge in [0.05, 0.1) is 18.6 Å². The van der Waals surface area contributed by atoms with Crippen LogP contribution >= 0.6 is 0 Å². The number of nitrogens with zero attached hydrogens (tertiary/aromatic N) is 1. The number of benzene rings is 2. The number of ether oxygens (including phenoxy) is 1. The summed E-state index contributed by atoms with van der Waals surface area (Å²) in [6.45, 7) is 2.86. The van der Waals surface area contributed by atoms with Gasteiger partial charge in [-0.3, -0.25) is 9.69 Å².